The molecule has 1 aliphatic heterocycles. The molecule has 12 heteroatoms. The van der Waals surface area contributed by atoms with Gasteiger partial charge in [0.1, 0.15) is 24.4 Å². The molecule has 0 aromatic heterocycles. The number of rotatable bonds is 9. The molecule has 5 aliphatic carbocycles. The van der Waals surface area contributed by atoms with Crippen molar-refractivity contribution in [3.05, 3.63) is 0 Å². The van der Waals surface area contributed by atoms with Crippen molar-refractivity contribution in [2.24, 2.45) is 50.7 Å². The molecule has 0 amide bonds. The average Bonchev–Trinajstić information content (AvgIpc) is 3.66. The predicted octanol–water partition coefficient (Wildman–Crippen LogP) is 0.991. The van der Waals surface area contributed by atoms with Crippen molar-refractivity contribution in [3.8, 4) is 0 Å². The van der Waals surface area contributed by atoms with Crippen LogP contribution in [0.2, 0.25) is 0 Å². The van der Waals surface area contributed by atoms with Crippen molar-refractivity contribution in [1.82, 2.24) is 0 Å². The summed E-state index contributed by atoms with van der Waals surface area (Å²) in [6, 6.07) is 0. The number of hydrogen-bond donors (Lipinski definition) is 9. The number of ether oxygens (including phenoxy) is 2. The molecule has 1 saturated heterocycles. The van der Waals surface area contributed by atoms with Crippen molar-refractivity contribution < 1.29 is 60.2 Å². The molecule has 0 aromatic rings. The van der Waals surface area contributed by atoms with Crippen LogP contribution in [0.4, 0.5) is 0 Å². The second-order valence-corrected chi connectivity index (χ2v) is 18.4. The molecule has 1 heterocycles. The third-order valence-corrected chi connectivity index (χ3v) is 16.5. The first-order valence-electron chi connectivity index (χ1n) is 18.6. The van der Waals surface area contributed by atoms with Gasteiger partial charge in [0.05, 0.1) is 42.0 Å². The van der Waals surface area contributed by atoms with E-state index in [0.29, 0.717) is 19.3 Å². The highest BCUT2D eigenvalue weighted by molar-refractivity contribution is 5.78. The van der Waals surface area contributed by atoms with Gasteiger partial charge in [0.2, 0.25) is 6.29 Å². The zero-order valence-corrected chi connectivity index (χ0v) is 30.1. The Morgan fingerprint density at radius 1 is 0.857 bits per heavy atom. The van der Waals surface area contributed by atoms with Gasteiger partial charge in [-0.3, -0.25) is 4.79 Å². The molecule has 0 unspecified atom stereocenters. The van der Waals surface area contributed by atoms with Crippen LogP contribution in [-0.4, -0.2) is 119 Å². The van der Waals surface area contributed by atoms with Gasteiger partial charge in [-0.2, -0.15) is 0 Å². The molecular formula is C37H62O12. The summed E-state index contributed by atoms with van der Waals surface area (Å²) in [6.07, 6.45) is -4.00. The fourth-order valence-corrected chi connectivity index (χ4v) is 12.9. The zero-order chi connectivity index (χ0) is 36.3. The Balaban J connectivity index is 1.25. The highest BCUT2D eigenvalue weighted by atomic mass is 16.7. The van der Waals surface area contributed by atoms with E-state index in [1.807, 2.05) is 20.8 Å². The average molecular weight is 699 g/mol. The monoisotopic (exact) mass is 698 g/mol. The Kier molecular flexibility index (Phi) is 9.30. The second-order valence-electron chi connectivity index (χ2n) is 18.4. The maximum absolute atomic E-state index is 14.1. The standard InChI is InChI=1S/C37H62O12/c1-19(2)36(47,18-39)14-12-33(5,46)21-9-10-31(3)22-7-8-23-34(6,30(45)49-29-28(44)27(43)26(42)20(16-38)48-29)24(40)15-25(41)37(23)17-35(22,37)13-11-32(21,31)4/h19-29,38-44,46-47H,7-18H2,1-6H3/t20-,21+,22+,23+,24+,25+,26-,27+,28-,29+,31+,32-,33+,34+,35+,36-,37-/m1/s1. The van der Waals surface area contributed by atoms with Crippen LogP contribution in [0.5, 0.6) is 0 Å². The van der Waals surface area contributed by atoms with Crippen LogP contribution < -0.4 is 0 Å². The van der Waals surface area contributed by atoms with E-state index >= 15 is 0 Å². The smallest absolute Gasteiger partial charge is 0.317 e. The lowest BCUT2D eigenvalue weighted by molar-refractivity contribution is -0.300. The van der Waals surface area contributed by atoms with Crippen LogP contribution in [0.15, 0.2) is 0 Å². The Labute approximate surface area is 289 Å². The molecule has 17 atom stereocenters. The number of aliphatic hydroxyl groups excluding tert-OH is 7. The maximum Gasteiger partial charge on any atom is 0.317 e. The van der Waals surface area contributed by atoms with Gasteiger partial charge in [0.15, 0.2) is 0 Å². The molecule has 6 rings (SSSR count). The molecule has 0 radical (unpaired) electrons. The van der Waals surface area contributed by atoms with E-state index in [1.165, 1.54) is 0 Å². The number of aliphatic hydroxyl groups is 9. The number of hydrogen-bond acceptors (Lipinski definition) is 12. The highest BCUT2D eigenvalue weighted by Gasteiger charge is 2.86. The first kappa shape index (κ1) is 37.8. The van der Waals surface area contributed by atoms with Crippen LogP contribution in [0.3, 0.4) is 0 Å². The predicted molar refractivity (Wildman–Crippen MR) is 175 cm³/mol. The van der Waals surface area contributed by atoms with E-state index in [9.17, 15) is 50.8 Å². The summed E-state index contributed by atoms with van der Waals surface area (Å²) in [4.78, 5) is 14.1. The first-order valence-corrected chi connectivity index (χ1v) is 18.6. The number of fused-ring (bicyclic) bond motifs is 2. The van der Waals surface area contributed by atoms with Crippen LogP contribution >= 0.6 is 0 Å². The molecular weight excluding hydrogens is 636 g/mol. The number of carbonyl (C=O) groups excluding carboxylic acids is 1. The van der Waals surface area contributed by atoms with Crippen molar-refractivity contribution in [2.45, 2.75) is 160 Å². The van der Waals surface area contributed by atoms with E-state index in [0.717, 1.165) is 38.5 Å². The fourth-order valence-electron chi connectivity index (χ4n) is 12.9. The lowest BCUT2D eigenvalue weighted by atomic mass is 9.41. The van der Waals surface area contributed by atoms with Gasteiger partial charge in [0.25, 0.3) is 0 Å². The summed E-state index contributed by atoms with van der Waals surface area (Å²) in [6.45, 7) is 10.9. The minimum Gasteiger partial charge on any atom is -0.432 e. The Morgan fingerprint density at radius 2 is 1.51 bits per heavy atom. The zero-order valence-electron chi connectivity index (χ0n) is 30.1. The third-order valence-electron chi connectivity index (χ3n) is 16.5. The van der Waals surface area contributed by atoms with Gasteiger partial charge in [0, 0.05) is 11.8 Å². The largest absolute Gasteiger partial charge is 0.432 e. The fraction of sp³-hybridized carbons (Fsp3) is 0.973. The maximum atomic E-state index is 14.1. The van der Waals surface area contributed by atoms with Gasteiger partial charge in [-0.05, 0) is 112 Å². The molecule has 2 spiro atoms. The van der Waals surface area contributed by atoms with Gasteiger partial charge in [-0.25, -0.2) is 0 Å². The lowest BCUT2D eigenvalue weighted by Crippen LogP contribution is -2.65. The minimum atomic E-state index is -1.76. The molecule has 12 nitrogen and oxygen atoms in total. The van der Waals surface area contributed by atoms with Crippen LogP contribution in [0.25, 0.3) is 0 Å². The Bertz CT molecular complexity index is 1280. The molecule has 6 fully saturated rings. The second kappa shape index (κ2) is 12.0. The van der Waals surface area contributed by atoms with Crippen molar-refractivity contribution in [2.75, 3.05) is 13.2 Å². The molecule has 282 valence electrons. The minimum absolute atomic E-state index is 0.0137. The van der Waals surface area contributed by atoms with Crippen molar-refractivity contribution >= 4 is 5.97 Å². The normalized spacial score (nSPS) is 53.0. The van der Waals surface area contributed by atoms with Crippen molar-refractivity contribution in [1.29, 1.82) is 0 Å². The summed E-state index contributed by atoms with van der Waals surface area (Å²) >= 11 is 0. The topological polar surface area (TPSA) is 218 Å². The van der Waals surface area contributed by atoms with Crippen LogP contribution in [0.1, 0.15) is 106 Å². The van der Waals surface area contributed by atoms with Crippen LogP contribution in [0, 0.1) is 50.7 Å². The summed E-state index contributed by atoms with van der Waals surface area (Å²) in [5.74, 6) is -1.20. The molecule has 0 aromatic carbocycles. The third kappa shape index (κ3) is 4.94. The van der Waals surface area contributed by atoms with E-state index in [1.54, 1.807) is 6.92 Å². The van der Waals surface area contributed by atoms with Gasteiger partial charge < -0.3 is 55.4 Å². The lowest BCUT2D eigenvalue weighted by Gasteiger charge is -2.64. The molecule has 9 N–H and O–H groups in total. The summed E-state index contributed by atoms with van der Waals surface area (Å²) < 4.78 is 11.2. The molecule has 0 bridgehead atoms. The summed E-state index contributed by atoms with van der Waals surface area (Å²) in [5, 5.41) is 97.1. The molecule has 6 aliphatic rings. The molecule has 49 heavy (non-hydrogen) atoms. The Morgan fingerprint density at radius 3 is 2.12 bits per heavy atom. The van der Waals surface area contributed by atoms with E-state index in [2.05, 4.69) is 13.8 Å². The van der Waals surface area contributed by atoms with Crippen molar-refractivity contribution in [3.63, 3.8) is 0 Å². The Hall–Kier alpha value is -0.930. The van der Waals surface area contributed by atoms with Gasteiger partial charge in [-0.15, -0.1) is 0 Å². The van der Waals surface area contributed by atoms with E-state index in [-0.39, 0.29) is 47.0 Å². The van der Waals surface area contributed by atoms with E-state index < -0.39 is 83.4 Å². The molecule has 5 saturated carbocycles. The summed E-state index contributed by atoms with van der Waals surface area (Å²) in [5.41, 5.74) is -5.04. The van der Waals surface area contributed by atoms with E-state index in [4.69, 9.17) is 9.47 Å². The number of esters is 1. The van der Waals surface area contributed by atoms with Gasteiger partial charge in [-0.1, -0.05) is 27.7 Å². The quantitative estimate of drug-likeness (QED) is 0.154. The first-order chi connectivity index (χ1) is 22.7. The SMILES string of the molecule is CC(C)[C@](O)(CO)CC[C@](C)(O)[C@H]1CC[C@@]2(C)[C@@H]3CC[C@H]4[C@](C)(C(=O)O[C@@H]5O[C@H](CO)[C@@H](O)[C@H](O)[C@H]5O)[C@@H](O)C[C@H](O)[C@@]45C[C@@]35CC[C@]12C. The van der Waals surface area contributed by atoms with Crippen LogP contribution in [-0.2, 0) is 14.3 Å². The summed E-state index contributed by atoms with van der Waals surface area (Å²) in [7, 11) is 0. The highest BCUT2D eigenvalue weighted by Crippen LogP contribution is 2.89. The number of carbonyl (C=O) groups is 1. The van der Waals surface area contributed by atoms with Gasteiger partial charge >= 0.3 is 5.97 Å².